The van der Waals surface area contributed by atoms with Crippen molar-refractivity contribution in [1.82, 2.24) is 9.55 Å². The highest BCUT2D eigenvalue weighted by Crippen LogP contribution is 2.36. The van der Waals surface area contributed by atoms with Gasteiger partial charge in [-0.15, -0.1) is 0 Å². The Labute approximate surface area is 164 Å². The second kappa shape index (κ2) is 8.99. The van der Waals surface area contributed by atoms with Gasteiger partial charge < -0.3 is 14.6 Å². The number of rotatable bonds is 7. The van der Waals surface area contributed by atoms with Gasteiger partial charge in [0, 0.05) is 25.0 Å². The Bertz CT molecular complexity index is 824. The smallest absolute Gasteiger partial charge is 0.383 e. The third kappa shape index (κ3) is 5.63. The van der Waals surface area contributed by atoms with E-state index in [1.165, 1.54) is 17.8 Å². The average molecular weight is 422 g/mol. The summed E-state index contributed by atoms with van der Waals surface area (Å²) in [5, 5.41) is 2.70. The number of aromatic nitrogens is 2. The number of aryl methyl sites for hydroxylation is 1. The maximum absolute atomic E-state index is 12.9. The molecule has 2 aromatic rings. The van der Waals surface area contributed by atoms with Gasteiger partial charge in [0.15, 0.2) is 5.16 Å². The molecule has 0 radical (unpaired) electrons. The molecule has 0 saturated carbocycles. The number of anilines is 1. The van der Waals surface area contributed by atoms with Gasteiger partial charge in [-0.25, -0.2) is 4.98 Å². The number of nitrogens with one attached hydrogen (secondary N) is 1. The van der Waals surface area contributed by atoms with Crippen LogP contribution in [0.1, 0.15) is 17.0 Å². The van der Waals surface area contributed by atoms with Crippen LogP contribution in [0.25, 0.3) is 0 Å². The van der Waals surface area contributed by atoms with Gasteiger partial charge >= 0.3 is 6.18 Å². The zero-order valence-corrected chi connectivity index (χ0v) is 16.6. The van der Waals surface area contributed by atoms with Gasteiger partial charge in [0.1, 0.15) is 0 Å². The summed E-state index contributed by atoms with van der Waals surface area (Å²) in [7, 11) is 1.60. The van der Waals surface area contributed by atoms with Crippen LogP contribution >= 0.6 is 23.4 Å². The number of nitrogens with zero attached hydrogens (tertiary/aromatic N) is 2. The fourth-order valence-electron chi connectivity index (χ4n) is 2.33. The molecule has 1 aromatic carbocycles. The molecule has 0 bridgehead atoms. The average Bonchev–Trinajstić information content (AvgIpc) is 2.86. The van der Waals surface area contributed by atoms with Crippen molar-refractivity contribution < 1.29 is 22.7 Å². The molecule has 1 heterocycles. The molecule has 0 aliphatic heterocycles. The molecule has 0 aliphatic rings. The largest absolute Gasteiger partial charge is 0.417 e. The number of amides is 1. The van der Waals surface area contributed by atoms with E-state index in [1.807, 2.05) is 18.4 Å². The highest BCUT2D eigenvalue weighted by Gasteiger charge is 2.33. The maximum Gasteiger partial charge on any atom is 0.417 e. The SMILES string of the molecule is COCCn1c(SCC(=O)Nc2ccc(Cl)c(C(F)(F)F)c2)nc(C)c1C. The van der Waals surface area contributed by atoms with Crippen LogP contribution in [0.3, 0.4) is 0 Å². The van der Waals surface area contributed by atoms with Gasteiger partial charge in [-0.1, -0.05) is 23.4 Å². The van der Waals surface area contributed by atoms with Crippen molar-refractivity contribution in [1.29, 1.82) is 0 Å². The molecule has 0 atom stereocenters. The first kappa shape index (κ1) is 21.6. The molecule has 10 heteroatoms. The first-order chi connectivity index (χ1) is 12.6. The van der Waals surface area contributed by atoms with E-state index in [1.54, 1.807) is 7.11 Å². The molecule has 0 aliphatic carbocycles. The van der Waals surface area contributed by atoms with E-state index in [0.29, 0.717) is 18.3 Å². The molecule has 2 rings (SSSR count). The van der Waals surface area contributed by atoms with Crippen LogP contribution in [-0.2, 0) is 22.3 Å². The highest BCUT2D eigenvalue weighted by atomic mass is 35.5. The minimum Gasteiger partial charge on any atom is -0.383 e. The minimum atomic E-state index is -4.59. The van der Waals surface area contributed by atoms with Crippen LogP contribution in [0.5, 0.6) is 0 Å². The van der Waals surface area contributed by atoms with Crippen molar-refractivity contribution in [3.05, 3.63) is 40.2 Å². The van der Waals surface area contributed by atoms with Crippen LogP contribution in [0, 0.1) is 13.8 Å². The predicted molar refractivity (Wildman–Crippen MR) is 99.4 cm³/mol. The lowest BCUT2D eigenvalue weighted by Crippen LogP contribution is -2.16. The van der Waals surface area contributed by atoms with Gasteiger partial charge in [0.2, 0.25) is 5.91 Å². The Morgan fingerprint density at radius 1 is 1.37 bits per heavy atom. The maximum atomic E-state index is 12.9. The number of carbonyl (C=O) groups is 1. The van der Waals surface area contributed by atoms with E-state index in [4.69, 9.17) is 16.3 Å². The van der Waals surface area contributed by atoms with Gasteiger partial charge in [-0.2, -0.15) is 13.2 Å². The van der Waals surface area contributed by atoms with Crippen molar-refractivity contribution in [2.75, 3.05) is 24.8 Å². The number of halogens is 4. The van der Waals surface area contributed by atoms with Crippen LogP contribution in [-0.4, -0.2) is 34.9 Å². The van der Waals surface area contributed by atoms with Crippen molar-refractivity contribution in [2.45, 2.75) is 31.7 Å². The molecular weight excluding hydrogens is 403 g/mol. The standard InChI is InChI=1S/C17H19ClF3N3O2S/c1-10-11(2)24(6-7-26-3)16(22-10)27-9-15(25)23-12-4-5-14(18)13(8-12)17(19,20)21/h4-5,8H,6-7,9H2,1-3H3,(H,23,25). The Morgan fingerprint density at radius 2 is 2.07 bits per heavy atom. The van der Waals surface area contributed by atoms with Crippen LogP contribution in [0.2, 0.25) is 5.02 Å². The fourth-order valence-corrected chi connectivity index (χ4v) is 3.47. The Kier molecular flexibility index (Phi) is 7.19. The number of imidazole rings is 1. The van der Waals surface area contributed by atoms with E-state index in [9.17, 15) is 18.0 Å². The number of ether oxygens (including phenoxy) is 1. The van der Waals surface area contributed by atoms with E-state index in [0.717, 1.165) is 23.5 Å². The molecule has 1 N–H and O–H groups in total. The summed E-state index contributed by atoms with van der Waals surface area (Å²) in [4.78, 5) is 16.6. The van der Waals surface area contributed by atoms with E-state index >= 15 is 0 Å². The number of methoxy groups -OCH3 is 1. The molecule has 0 fully saturated rings. The third-order valence-corrected chi connectivity index (χ3v) is 5.14. The molecule has 0 unspecified atom stereocenters. The second-order valence-electron chi connectivity index (χ2n) is 5.74. The molecule has 1 amide bonds. The summed E-state index contributed by atoms with van der Waals surface area (Å²) in [6.45, 7) is 4.89. The Balaban J connectivity index is 2.04. The summed E-state index contributed by atoms with van der Waals surface area (Å²) >= 11 is 6.79. The lowest BCUT2D eigenvalue weighted by Gasteiger charge is -2.12. The molecule has 1 aromatic heterocycles. The molecule has 0 spiro atoms. The zero-order chi connectivity index (χ0) is 20.2. The molecule has 0 saturated heterocycles. The third-order valence-electron chi connectivity index (χ3n) is 3.83. The van der Waals surface area contributed by atoms with Gasteiger partial charge in [0.25, 0.3) is 0 Å². The summed E-state index contributed by atoms with van der Waals surface area (Å²) in [5.74, 6) is -0.431. The van der Waals surface area contributed by atoms with E-state index < -0.39 is 22.7 Å². The first-order valence-electron chi connectivity index (χ1n) is 7.95. The number of hydrogen-bond acceptors (Lipinski definition) is 4. The summed E-state index contributed by atoms with van der Waals surface area (Å²) in [6.07, 6.45) is -4.59. The van der Waals surface area contributed by atoms with Gasteiger partial charge in [-0.3, -0.25) is 4.79 Å². The Hall–Kier alpha value is -1.71. The number of hydrogen-bond donors (Lipinski definition) is 1. The number of carbonyl (C=O) groups excluding carboxylic acids is 1. The zero-order valence-electron chi connectivity index (χ0n) is 15.0. The predicted octanol–water partition coefficient (Wildman–Crippen LogP) is 4.55. The lowest BCUT2D eigenvalue weighted by molar-refractivity contribution is -0.137. The molecule has 27 heavy (non-hydrogen) atoms. The number of thioether (sulfide) groups is 1. The van der Waals surface area contributed by atoms with E-state index in [2.05, 4.69) is 10.3 Å². The summed E-state index contributed by atoms with van der Waals surface area (Å²) < 4.78 is 45.7. The van der Waals surface area contributed by atoms with Crippen LogP contribution in [0.4, 0.5) is 18.9 Å². The second-order valence-corrected chi connectivity index (χ2v) is 7.09. The van der Waals surface area contributed by atoms with Crippen molar-refractivity contribution in [2.24, 2.45) is 0 Å². The fraction of sp³-hybridized carbons (Fsp3) is 0.412. The number of benzene rings is 1. The minimum absolute atomic E-state index is 0.00680. The molecular formula is C17H19ClF3N3O2S. The van der Waals surface area contributed by atoms with E-state index in [-0.39, 0.29) is 11.4 Å². The summed E-state index contributed by atoms with van der Waals surface area (Å²) in [6, 6.07) is 3.25. The van der Waals surface area contributed by atoms with Crippen LogP contribution in [0.15, 0.2) is 23.4 Å². The number of alkyl halides is 3. The summed E-state index contributed by atoms with van der Waals surface area (Å²) in [5.41, 5.74) is 0.868. The van der Waals surface area contributed by atoms with Crippen molar-refractivity contribution in [3.8, 4) is 0 Å². The monoisotopic (exact) mass is 421 g/mol. The molecule has 5 nitrogen and oxygen atoms in total. The highest BCUT2D eigenvalue weighted by molar-refractivity contribution is 7.99. The van der Waals surface area contributed by atoms with Gasteiger partial charge in [-0.05, 0) is 32.0 Å². The van der Waals surface area contributed by atoms with Crippen molar-refractivity contribution in [3.63, 3.8) is 0 Å². The Morgan fingerprint density at radius 3 is 2.70 bits per heavy atom. The molecule has 148 valence electrons. The van der Waals surface area contributed by atoms with Crippen LogP contribution < -0.4 is 5.32 Å². The quantitative estimate of drug-likeness (QED) is 0.666. The lowest BCUT2D eigenvalue weighted by atomic mass is 10.2. The van der Waals surface area contributed by atoms with Crippen molar-refractivity contribution >= 4 is 35.0 Å². The first-order valence-corrected chi connectivity index (χ1v) is 9.32. The topological polar surface area (TPSA) is 56.1 Å². The normalized spacial score (nSPS) is 11.7. The van der Waals surface area contributed by atoms with Gasteiger partial charge in [0.05, 0.1) is 28.6 Å².